The molecule has 2 heterocycles. The van der Waals surface area contributed by atoms with Crippen molar-refractivity contribution in [3.05, 3.63) is 51.9 Å². The van der Waals surface area contributed by atoms with Crippen LogP contribution in [0.15, 0.2) is 35.1 Å². The zero-order chi connectivity index (χ0) is 19.7. The van der Waals surface area contributed by atoms with Gasteiger partial charge in [-0.05, 0) is 40.2 Å². The lowest BCUT2D eigenvalue weighted by molar-refractivity contribution is 0.0512. The average molecular weight is 367 g/mol. The number of carbonyl (C=O) groups is 1. The van der Waals surface area contributed by atoms with Gasteiger partial charge in [0, 0.05) is 23.5 Å². The summed E-state index contributed by atoms with van der Waals surface area (Å²) >= 11 is 0. The SMILES string of the molecule is CCOC(=O)c1c(C)c2c(-c3ccccc3)nn(CC)c(=O)c2n1C(C)C. The predicted molar refractivity (Wildman–Crippen MR) is 106 cm³/mol. The minimum absolute atomic E-state index is 0.0790. The molecule has 3 aromatic rings. The normalized spacial score (nSPS) is 11.3. The molecule has 0 unspecified atom stereocenters. The summed E-state index contributed by atoms with van der Waals surface area (Å²) < 4.78 is 8.54. The van der Waals surface area contributed by atoms with E-state index in [-0.39, 0.29) is 18.2 Å². The summed E-state index contributed by atoms with van der Waals surface area (Å²) in [6, 6.07) is 9.65. The van der Waals surface area contributed by atoms with Gasteiger partial charge in [0.2, 0.25) is 0 Å². The minimum atomic E-state index is -0.415. The second-order valence-electron chi connectivity index (χ2n) is 6.72. The molecule has 0 amide bonds. The Morgan fingerprint density at radius 1 is 1.19 bits per heavy atom. The van der Waals surface area contributed by atoms with Crippen molar-refractivity contribution in [1.29, 1.82) is 0 Å². The van der Waals surface area contributed by atoms with E-state index in [4.69, 9.17) is 4.74 Å². The zero-order valence-electron chi connectivity index (χ0n) is 16.4. The van der Waals surface area contributed by atoms with Crippen molar-refractivity contribution in [2.45, 2.75) is 47.2 Å². The Morgan fingerprint density at radius 3 is 2.41 bits per heavy atom. The smallest absolute Gasteiger partial charge is 0.355 e. The number of benzene rings is 1. The van der Waals surface area contributed by atoms with Crippen LogP contribution in [0.5, 0.6) is 0 Å². The number of esters is 1. The first-order valence-electron chi connectivity index (χ1n) is 9.30. The second kappa shape index (κ2) is 7.39. The fourth-order valence-electron chi connectivity index (χ4n) is 3.53. The van der Waals surface area contributed by atoms with Crippen LogP contribution in [-0.2, 0) is 11.3 Å². The zero-order valence-corrected chi connectivity index (χ0v) is 16.4. The van der Waals surface area contributed by atoms with Crippen LogP contribution in [0.3, 0.4) is 0 Å². The third-order valence-corrected chi connectivity index (χ3v) is 4.68. The number of fused-ring (bicyclic) bond motifs is 1. The minimum Gasteiger partial charge on any atom is -0.461 e. The van der Waals surface area contributed by atoms with Gasteiger partial charge in [0.25, 0.3) is 5.56 Å². The molecule has 0 atom stereocenters. The molecule has 0 fully saturated rings. The van der Waals surface area contributed by atoms with E-state index in [1.54, 1.807) is 11.5 Å². The summed E-state index contributed by atoms with van der Waals surface area (Å²) in [5, 5.41) is 5.32. The predicted octanol–water partition coefficient (Wildman–Crippen LogP) is 3.95. The third kappa shape index (κ3) is 3.05. The van der Waals surface area contributed by atoms with Gasteiger partial charge in [0.1, 0.15) is 16.9 Å². The summed E-state index contributed by atoms with van der Waals surface area (Å²) in [4.78, 5) is 25.8. The number of aryl methyl sites for hydroxylation is 2. The van der Waals surface area contributed by atoms with Crippen molar-refractivity contribution >= 4 is 16.9 Å². The first-order valence-corrected chi connectivity index (χ1v) is 9.30. The third-order valence-electron chi connectivity index (χ3n) is 4.68. The van der Waals surface area contributed by atoms with E-state index in [1.165, 1.54) is 4.68 Å². The van der Waals surface area contributed by atoms with E-state index < -0.39 is 5.97 Å². The molecular formula is C21H25N3O3. The fraction of sp³-hybridized carbons (Fsp3) is 0.381. The molecule has 6 nitrogen and oxygen atoms in total. The van der Waals surface area contributed by atoms with Crippen molar-refractivity contribution in [2.24, 2.45) is 0 Å². The van der Waals surface area contributed by atoms with Gasteiger partial charge < -0.3 is 9.30 Å². The van der Waals surface area contributed by atoms with Gasteiger partial charge in [-0.15, -0.1) is 0 Å². The summed E-state index contributed by atoms with van der Waals surface area (Å²) in [7, 11) is 0. The highest BCUT2D eigenvalue weighted by Crippen LogP contribution is 2.33. The maximum Gasteiger partial charge on any atom is 0.355 e. The number of hydrogen-bond acceptors (Lipinski definition) is 4. The molecule has 0 aliphatic rings. The van der Waals surface area contributed by atoms with Crippen molar-refractivity contribution in [3.63, 3.8) is 0 Å². The van der Waals surface area contributed by atoms with Crippen molar-refractivity contribution in [1.82, 2.24) is 14.3 Å². The number of aromatic nitrogens is 3. The van der Waals surface area contributed by atoms with Gasteiger partial charge in [-0.1, -0.05) is 30.3 Å². The number of ether oxygens (including phenoxy) is 1. The molecule has 142 valence electrons. The van der Waals surface area contributed by atoms with Gasteiger partial charge in [-0.3, -0.25) is 4.79 Å². The van der Waals surface area contributed by atoms with Crippen molar-refractivity contribution in [2.75, 3.05) is 6.61 Å². The van der Waals surface area contributed by atoms with Crippen molar-refractivity contribution < 1.29 is 9.53 Å². The summed E-state index contributed by atoms with van der Waals surface area (Å²) in [6.45, 7) is 10.2. The van der Waals surface area contributed by atoms with Crippen LogP contribution in [0.2, 0.25) is 0 Å². The van der Waals surface area contributed by atoms with Gasteiger partial charge >= 0.3 is 5.97 Å². The molecule has 0 aliphatic heterocycles. The molecular weight excluding hydrogens is 342 g/mol. The molecule has 0 spiro atoms. The molecule has 0 saturated carbocycles. The topological polar surface area (TPSA) is 66.1 Å². The monoisotopic (exact) mass is 367 g/mol. The molecule has 1 aromatic carbocycles. The van der Waals surface area contributed by atoms with Crippen LogP contribution in [-0.4, -0.2) is 26.9 Å². The molecule has 0 bridgehead atoms. The summed E-state index contributed by atoms with van der Waals surface area (Å²) in [6.07, 6.45) is 0. The lowest BCUT2D eigenvalue weighted by Gasteiger charge is -2.14. The number of rotatable bonds is 5. The molecule has 0 saturated heterocycles. The number of nitrogens with zero attached hydrogens (tertiary/aromatic N) is 3. The van der Waals surface area contributed by atoms with Crippen LogP contribution >= 0.6 is 0 Å². The van der Waals surface area contributed by atoms with Gasteiger partial charge in [-0.25, -0.2) is 9.48 Å². The van der Waals surface area contributed by atoms with E-state index in [0.29, 0.717) is 28.8 Å². The summed E-state index contributed by atoms with van der Waals surface area (Å²) in [5.41, 5.74) is 3.06. The van der Waals surface area contributed by atoms with Crippen LogP contribution < -0.4 is 5.56 Å². The first-order chi connectivity index (χ1) is 12.9. The number of carbonyl (C=O) groups excluding carboxylic acids is 1. The van der Waals surface area contributed by atoms with E-state index in [9.17, 15) is 9.59 Å². The first kappa shape index (κ1) is 18.9. The molecule has 0 aliphatic carbocycles. The Kier molecular flexibility index (Phi) is 5.17. The van der Waals surface area contributed by atoms with Gasteiger partial charge in [-0.2, -0.15) is 5.10 Å². The van der Waals surface area contributed by atoms with Gasteiger partial charge in [0.15, 0.2) is 0 Å². The van der Waals surface area contributed by atoms with E-state index in [2.05, 4.69) is 5.10 Å². The Hall–Kier alpha value is -2.89. The molecule has 27 heavy (non-hydrogen) atoms. The Morgan fingerprint density at radius 2 is 1.85 bits per heavy atom. The maximum atomic E-state index is 13.1. The number of hydrogen-bond donors (Lipinski definition) is 0. The van der Waals surface area contributed by atoms with Crippen LogP contribution in [0.25, 0.3) is 22.2 Å². The second-order valence-corrected chi connectivity index (χ2v) is 6.72. The Balaban J connectivity index is 2.52. The molecule has 3 rings (SSSR count). The molecule has 0 radical (unpaired) electrons. The van der Waals surface area contributed by atoms with E-state index in [1.807, 2.05) is 58.0 Å². The highest BCUT2D eigenvalue weighted by Gasteiger charge is 2.28. The lowest BCUT2D eigenvalue weighted by Crippen LogP contribution is -2.26. The highest BCUT2D eigenvalue weighted by atomic mass is 16.5. The van der Waals surface area contributed by atoms with E-state index in [0.717, 1.165) is 11.1 Å². The van der Waals surface area contributed by atoms with Crippen LogP contribution in [0, 0.1) is 6.92 Å². The van der Waals surface area contributed by atoms with E-state index >= 15 is 0 Å². The lowest BCUT2D eigenvalue weighted by atomic mass is 10.1. The fourth-order valence-corrected chi connectivity index (χ4v) is 3.53. The Bertz CT molecular complexity index is 1050. The standard InChI is InChI=1S/C21H25N3O3/c1-6-23-20(25)19-16(17(22-23)15-11-9-8-10-12-15)14(5)18(21(26)27-7-2)24(19)13(3)4/h8-13H,6-7H2,1-5H3. The van der Waals surface area contributed by atoms with Gasteiger partial charge in [0.05, 0.1) is 6.61 Å². The maximum absolute atomic E-state index is 13.1. The molecule has 6 heteroatoms. The quantitative estimate of drug-likeness (QED) is 0.641. The summed E-state index contributed by atoms with van der Waals surface area (Å²) in [5.74, 6) is -0.415. The highest BCUT2D eigenvalue weighted by molar-refractivity contribution is 6.03. The largest absolute Gasteiger partial charge is 0.461 e. The average Bonchev–Trinajstić information content (AvgIpc) is 2.97. The van der Waals surface area contributed by atoms with Crippen LogP contribution in [0.4, 0.5) is 0 Å². The van der Waals surface area contributed by atoms with Crippen molar-refractivity contribution in [3.8, 4) is 11.3 Å². The van der Waals surface area contributed by atoms with Crippen LogP contribution in [0.1, 0.15) is 49.8 Å². The molecule has 0 N–H and O–H groups in total. The Labute approximate surface area is 158 Å². The molecule has 2 aromatic heterocycles.